The summed E-state index contributed by atoms with van der Waals surface area (Å²) >= 11 is 6.98. The first-order valence-corrected chi connectivity index (χ1v) is 14.0. The monoisotopic (exact) mass is 605 g/mol. The average Bonchev–Trinajstić information content (AvgIpc) is 3.61. The molecular formula is C28H27ClF3N5O3S. The van der Waals surface area contributed by atoms with Crippen LogP contribution in [-0.4, -0.2) is 57.0 Å². The number of H-pyrrole nitrogens is 1. The quantitative estimate of drug-likeness (QED) is 0.333. The summed E-state index contributed by atoms with van der Waals surface area (Å²) in [6.45, 7) is 6.23. The highest BCUT2D eigenvalue weighted by Gasteiger charge is 2.36. The first-order chi connectivity index (χ1) is 19.3. The molecular weight excluding hydrogens is 579 g/mol. The van der Waals surface area contributed by atoms with Crippen LogP contribution in [0.2, 0.25) is 5.02 Å². The number of thioether (sulfide) groups is 1. The molecule has 2 aromatic carbocycles. The number of allylic oxidation sites excluding steroid dienone is 1. The van der Waals surface area contributed by atoms with Crippen LogP contribution in [0.25, 0.3) is 16.5 Å². The molecule has 0 saturated carbocycles. The van der Waals surface area contributed by atoms with Crippen LogP contribution in [-0.2, 0) is 22.1 Å². The molecule has 2 aliphatic rings. The number of halogens is 4. The fraction of sp³-hybridized carbons (Fsp3) is 0.357. The van der Waals surface area contributed by atoms with Crippen molar-refractivity contribution < 1.29 is 27.5 Å². The number of ether oxygens (including phenoxy) is 1. The SMILES string of the molecule is CC(C)(C)OC(=O)N1CCC(NC2=NC(=O)C(=C(Cc3ccc(Cl)cc3C(F)(F)F)c3ccc4[nH]ncc4c3)S2)C1. The Labute approximate surface area is 243 Å². The van der Waals surface area contributed by atoms with E-state index in [0.717, 1.165) is 28.7 Å². The molecule has 1 atom stereocenters. The van der Waals surface area contributed by atoms with Crippen molar-refractivity contribution in [2.75, 3.05) is 13.1 Å². The summed E-state index contributed by atoms with van der Waals surface area (Å²) in [5.74, 6) is -0.552. The topological polar surface area (TPSA) is 99.7 Å². The number of rotatable bonds is 4. The maximum Gasteiger partial charge on any atom is 0.416 e. The van der Waals surface area contributed by atoms with Crippen LogP contribution in [0, 0.1) is 0 Å². The highest BCUT2D eigenvalue weighted by molar-refractivity contribution is 8.18. The number of benzene rings is 2. The normalized spacial score (nSPS) is 19.1. The molecule has 41 heavy (non-hydrogen) atoms. The van der Waals surface area contributed by atoms with Crippen LogP contribution in [0.1, 0.15) is 43.9 Å². The minimum atomic E-state index is -4.64. The number of alkyl halides is 3. The lowest BCUT2D eigenvalue weighted by molar-refractivity contribution is -0.138. The van der Waals surface area contributed by atoms with E-state index in [0.29, 0.717) is 35.8 Å². The standard InChI is InChI=1S/C28H27ClF3N5O3S/c1-27(2,3)40-26(39)37-9-8-19(14-37)34-25-35-24(38)23(41-25)20(15-5-7-22-17(10-15)13-33-36-22)11-16-4-6-18(29)12-21(16)28(30,31)32/h4-7,10,12-13,19H,8-9,11,14H2,1-3H3,(H,33,36)(H,34,35,38). The zero-order valence-electron chi connectivity index (χ0n) is 22.4. The highest BCUT2D eigenvalue weighted by Crippen LogP contribution is 2.40. The van der Waals surface area contributed by atoms with E-state index in [1.807, 2.05) is 0 Å². The van der Waals surface area contributed by atoms with Gasteiger partial charge in [0.25, 0.3) is 5.91 Å². The van der Waals surface area contributed by atoms with E-state index in [1.54, 1.807) is 50.1 Å². The van der Waals surface area contributed by atoms with Crippen molar-refractivity contribution in [2.45, 2.75) is 51.4 Å². The van der Waals surface area contributed by atoms with Crippen molar-refractivity contribution in [1.29, 1.82) is 0 Å². The van der Waals surface area contributed by atoms with Crippen LogP contribution in [0.4, 0.5) is 18.0 Å². The third kappa shape index (κ3) is 6.70. The number of aliphatic imine (C=N–C) groups is 1. The predicted octanol–water partition coefficient (Wildman–Crippen LogP) is 6.42. The number of carbonyl (C=O) groups is 2. The maximum absolute atomic E-state index is 13.9. The number of amides is 2. The lowest BCUT2D eigenvalue weighted by Crippen LogP contribution is -2.39. The van der Waals surface area contributed by atoms with Crippen molar-refractivity contribution in [1.82, 2.24) is 20.4 Å². The number of hydrogen-bond donors (Lipinski definition) is 2. The molecule has 0 aliphatic carbocycles. The molecule has 0 bridgehead atoms. The number of nitrogens with one attached hydrogen (secondary N) is 2. The van der Waals surface area contributed by atoms with Crippen LogP contribution >= 0.6 is 23.4 Å². The molecule has 1 fully saturated rings. The van der Waals surface area contributed by atoms with E-state index in [-0.39, 0.29) is 28.0 Å². The number of likely N-dealkylation sites (tertiary alicyclic amines) is 1. The van der Waals surface area contributed by atoms with E-state index >= 15 is 0 Å². The van der Waals surface area contributed by atoms with Gasteiger partial charge in [-0.05, 0) is 86.3 Å². The Kier molecular flexibility index (Phi) is 7.82. The van der Waals surface area contributed by atoms with E-state index in [1.165, 1.54) is 12.1 Å². The molecule has 0 spiro atoms. The molecule has 3 aromatic rings. The fourth-order valence-electron chi connectivity index (χ4n) is 4.70. The molecule has 1 unspecified atom stereocenters. The summed E-state index contributed by atoms with van der Waals surface area (Å²) in [5, 5.41) is 11.1. The van der Waals surface area contributed by atoms with Crippen LogP contribution in [0.15, 0.2) is 52.5 Å². The van der Waals surface area contributed by atoms with Crippen molar-refractivity contribution in [3.63, 3.8) is 0 Å². The van der Waals surface area contributed by atoms with Gasteiger partial charge in [0.15, 0.2) is 5.17 Å². The van der Waals surface area contributed by atoms with E-state index < -0.39 is 29.3 Å². The zero-order chi connectivity index (χ0) is 29.5. The lowest BCUT2D eigenvalue weighted by Gasteiger charge is -2.24. The van der Waals surface area contributed by atoms with Crippen molar-refractivity contribution >= 4 is 57.0 Å². The molecule has 8 nitrogen and oxygen atoms in total. The molecule has 0 radical (unpaired) electrons. The second-order valence-electron chi connectivity index (χ2n) is 10.8. The Morgan fingerprint density at radius 2 is 2.00 bits per heavy atom. The zero-order valence-corrected chi connectivity index (χ0v) is 24.0. The maximum atomic E-state index is 13.9. The number of fused-ring (bicyclic) bond motifs is 1. The van der Waals surface area contributed by atoms with Gasteiger partial charge < -0.3 is 15.0 Å². The molecule has 5 rings (SSSR count). The van der Waals surface area contributed by atoms with Crippen LogP contribution in [0.5, 0.6) is 0 Å². The van der Waals surface area contributed by atoms with Gasteiger partial charge in [-0.1, -0.05) is 23.7 Å². The second-order valence-corrected chi connectivity index (χ2v) is 12.3. The van der Waals surface area contributed by atoms with E-state index in [4.69, 9.17) is 16.3 Å². The molecule has 2 N–H and O–H groups in total. The third-order valence-corrected chi connectivity index (χ3v) is 7.83. The number of aromatic amines is 1. The van der Waals surface area contributed by atoms with Gasteiger partial charge in [0.1, 0.15) is 5.60 Å². The predicted molar refractivity (Wildman–Crippen MR) is 153 cm³/mol. The Balaban J connectivity index is 1.43. The van der Waals surface area contributed by atoms with Gasteiger partial charge in [0, 0.05) is 29.5 Å². The summed E-state index contributed by atoms with van der Waals surface area (Å²) in [5.41, 5.74) is 0.224. The van der Waals surface area contributed by atoms with Gasteiger partial charge >= 0.3 is 12.3 Å². The molecule has 1 saturated heterocycles. The molecule has 2 aliphatic heterocycles. The van der Waals surface area contributed by atoms with Crippen molar-refractivity contribution in [2.24, 2.45) is 4.99 Å². The van der Waals surface area contributed by atoms with E-state index in [9.17, 15) is 22.8 Å². The molecule has 3 heterocycles. The first kappa shape index (κ1) is 29.0. The van der Waals surface area contributed by atoms with Gasteiger partial charge in [-0.25, -0.2) is 4.79 Å². The Morgan fingerprint density at radius 3 is 2.73 bits per heavy atom. The van der Waals surface area contributed by atoms with Gasteiger partial charge in [0.2, 0.25) is 0 Å². The Hall–Kier alpha value is -3.51. The van der Waals surface area contributed by atoms with Gasteiger partial charge in [-0.15, -0.1) is 0 Å². The summed E-state index contributed by atoms with van der Waals surface area (Å²) in [6, 6.07) is 8.73. The summed E-state index contributed by atoms with van der Waals surface area (Å²) in [4.78, 5) is 31.6. The number of nitrogens with zero attached hydrogens (tertiary/aromatic N) is 3. The third-order valence-electron chi connectivity index (χ3n) is 6.57. The summed E-state index contributed by atoms with van der Waals surface area (Å²) in [6.07, 6.45) is -3.01. The fourth-order valence-corrected chi connectivity index (χ4v) is 5.87. The smallest absolute Gasteiger partial charge is 0.416 e. The second kappa shape index (κ2) is 11.1. The Bertz CT molecular complexity index is 1580. The average molecular weight is 606 g/mol. The minimum Gasteiger partial charge on any atom is -0.444 e. The number of amidine groups is 1. The van der Waals surface area contributed by atoms with Gasteiger partial charge in [-0.2, -0.15) is 23.3 Å². The highest BCUT2D eigenvalue weighted by atomic mass is 35.5. The van der Waals surface area contributed by atoms with Crippen LogP contribution < -0.4 is 5.32 Å². The minimum absolute atomic E-state index is 0.0182. The molecule has 216 valence electrons. The first-order valence-electron chi connectivity index (χ1n) is 12.8. The largest absolute Gasteiger partial charge is 0.444 e. The van der Waals surface area contributed by atoms with Crippen molar-refractivity contribution in [3.05, 3.63) is 69.2 Å². The molecule has 2 amide bonds. The number of aromatic nitrogens is 2. The van der Waals surface area contributed by atoms with Crippen molar-refractivity contribution in [3.8, 4) is 0 Å². The number of hydrogen-bond acceptors (Lipinski definition) is 6. The Morgan fingerprint density at radius 1 is 1.22 bits per heavy atom. The lowest BCUT2D eigenvalue weighted by atomic mass is 9.93. The molecule has 1 aromatic heterocycles. The molecule has 13 heteroatoms. The summed E-state index contributed by atoms with van der Waals surface area (Å²) in [7, 11) is 0. The van der Waals surface area contributed by atoms with Crippen LogP contribution in [0.3, 0.4) is 0 Å². The number of carbonyl (C=O) groups excluding carboxylic acids is 2. The summed E-state index contributed by atoms with van der Waals surface area (Å²) < 4.78 is 47.3. The van der Waals surface area contributed by atoms with E-state index in [2.05, 4.69) is 20.5 Å². The van der Waals surface area contributed by atoms with Gasteiger partial charge in [0.05, 0.1) is 22.2 Å². The van der Waals surface area contributed by atoms with Gasteiger partial charge in [-0.3, -0.25) is 9.89 Å².